The number of hydrogen-bond acceptors (Lipinski definition) is 4. The van der Waals surface area contributed by atoms with Crippen molar-refractivity contribution in [2.24, 2.45) is 0 Å². The van der Waals surface area contributed by atoms with Crippen molar-refractivity contribution in [1.29, 1.82) is 0 Å². The maximum Gasteiger partial charge on any atom is 0.271 e. The fourth-order valence-corrected chi connectivity index (χ4v) is 6.05. The molecule has 0 bridgehead atoms. The molecule has 0 unspecified atom stereocenters. The van der Waals surface area contributed by atoms with Crippen molar-refractivity contribution in [2.75, 3.05) is 4.90 Å². The van der Waals surface area contributed by atoms with E-state index < -0.39 is 12.1 Å². The third kappa shape index (κ3) is 3.74. The van der Waals surface area contributed by atoms with Crippen molar-refractivity contribution in [3.63, 3.8) is 0 Å². The van der Waals surface area contributed by atoms with Crippen LogP contribution in [-0.2, 0) is 4.79 Å². The Kier molecular flexibility index (Phi) is 5.74. The Morgan fingerprint density at radius 3 is 2.10 bits per heavy atom. The minimum Gasteiger partial charge on any atom is -0.476 e. The van der Waals surface area contributed by atoms with Crippen molar-refractivity contribution in [3.8, 4) is 5.75 Å². The summed E-state index contributed by atoms with van der Waals surface area (Å²) < 4.78 is 6.19. The number of anilines is 1. The van der Waals surface area contributed by atoms with Gasteiger partial charge in [0.15, 0.2) is 11.6 Å². The summed E-state index contributed by atoms with van der Waals surface area (Å²) in [4.78, 5) is 42.1. The molecule has 2 aliphatic rings. The molecule has 0 saturated carbocycles. The summed E-state index contributed by atoms with van der Waals surface area (Å²) in [5, 5.41) is 2.62. The molecule has 2 atom stereocenters. The molecule has 0 spiro atoms. The number of rotatable bonds is 4. The second-order valence-corrected chi connectivity index (χ2v) is 10.6. The van der Waals surface area contributed by atoms with Crippen LogP contribution < -0.4 is 9.64 Å². The van der Waals surface area contributed by atoms with Crippen LogP contribution in [0, 0.1) is 0 Å². The summed E-state index contributed by atoms with van der Waals surface area (Å²) in [6.07, 6.45) is -0.919. The van der Waals surface area contributed by atoms with Gasteiger partial charge in [-0.3, -0.25) is 19.3 Å². The highest BCUT2D eigenvalue weighted by Gasteiger charge is 2.52. The number of carbonyl (C=O) groups is 3. The highest BCUT2D eigenvalue weighted by atomic mass is 35.5. The van der Waals surface area contributed by atoms with Gasteiger partial charge in [0, 0.05) is 32.7 Å². The minimum atomic E-state index is -0.919. The normalized spacial score (nSPS) is 17.9. The lowest BCUT2D eigenvalue weighted by Gasteiger charge is -2.47. The van der Waals surface area contributed by atoms with E-state index in [1.54, 1.807) is 65.6 Å². The zero-order valence-electron chi connectivity index (χ0n) is 20.8. The molecule has 0 radical (unpaired) electrons. The predicted molar refractivity (Wildman–Crippen MR) is 155 cm³/mol. The van der Waals surface area contributed by atoms with Gasteiger partial charge in [-0.25, -0.2) is 0 Å². The number of ether oxygens (including phenoxy) is 1. The number of carbonyl (C=O) groups excluding carboxylic acids is 3. The lowest BCUT2D eigenvalue weighted by atomic mass is 9.81. The van der Waals surface area contributed by atoms with Crippen LogP contribution >= 0.6 is 23.2 Å². The first-order chi connectivity index (χ1) is 19.4. The molecule has 5 aromatic carbocycles. The van der Waals surface area contributed by atoms with Crippen LogP contribution in [-0.4, -0.2) is 23.6 Å². The van der Waals surface area contributed by atoms with Crippen LogP contribution in [0.25, 0.3) is 10.8 Å². The summed E-state index contributed by atoms with van der Waals surface area (Å²) in [5.41, 5.74) is 2.80. The maximum atomic E-state index is 13.8. The third-order valence-electron chi connectivity index (χ3n) is 7.51. The zero-order valence-corrected chi connectivity index (χ0v) is 22.3. The topological polar surface area (TPSA) is 63.7 Å². The summed E-state index contributed by atoms with van der Waals surface area (Å²) in [6, 6.07) is 29.8. The fourth-order valence-electron chi connectivity index (χ4n) is 5.60. The Morgan fingerprint density at radius 1 is 0.650 bits per heavy atom. The van der Waals surface area contributed by atoms with E-state index in [9.17, 15) is 14.4 Å². The Bertz CT molecular complexity index is 1890. The van der Waals surface area contributed by atoms with Gasteiger partial charge in [-0.15, -0.1) is 0 Å². The van der Waals surface area contributed by atoms with E-state index in [1.165, 1.54) is 0 Å². The Morgan fingerprint density at radius 2 is 1.32 bits per heavy atom. The lowest BCUT2D eigenvalue weighted by molar-refractivity contribution is -0.135. The molecule has 5 aromatic rings. The molecule has 7 heteroatoms. The molecule has 5 nitrogen and oxygen atoms in total. The summed E-state index contributed by atoms with van der Waals surface area (Å²) in [6.45, 7) is 0. The van der Waals surface area contributed by atoms with Crippen LogP contribution in [0.1, 0.15) is 43.4 Å². The second-order valence-electron chi connectivity index (χ2n) is 9.77. The maximum absolute atomic E-state index is 13.8. The van der Waals surface area contributed by atoms with Crippen molar-refractivity contribution in [2.45, 2.75) is 12.1 Å². The SMILES string of the molecule is O=C1c2ccccc2C(=O)c2cc([C@H]3[C@H](Oc4ccc(Cl)cc4Cl)C(=O)N3c3cccc4ccccc34)ccc21. The molecule has 194 valence electrons. The second kappa shape index (κ2) is 9.33. The molecular weight excluding hydrogens is 545 g/mol. The number of ketones is 2. The summed E-state index contributed by atoms with van der Waals surface area (Å²) in [5.74, 6) is -0.358. The van der Waals surface area contributed by atoms with E-state index in [4.69, 9.17) is 27.9 Å². The molecule has 1 amide bonds. The standard InChI is InChI=1S/C33H19Cl2NO4/c34-20-13-15-28(26(35)17-20)40-32-29(36(33(32)39)27-11-5-7-18-6-1-2-8-21(18)27)19-12-14-24-25(16-19)31(38)23-10-4-3-9-22(23)30(24)37/h1-17,29,32H/t29-,32-/m0/s1. The van der Waals surface area contributed by atoms with Crippen LogP contribution in [0.4, 0.5) is 5.69 Å². The molecule has 1 fully saturated rings. The minimum absolute atomic E-state index is 0.201. The first-order valence-corrected chi connectivity index (χ1v) is 13.4. The van der Waals surface area contributed by atoms with Gasteiger partial charge >= 0.3 is 0 Å². The molecule has 0 N–H and O–H groups in total. The molecule has 1 saturated heterocycles. The summed E-state index contributed by atoms with van der Waals surface area (Å²) in [7, 11) is 0. The van der Waals surface area contributed by atoms with E-state index in [0.29, 0.717) is 38.6 Å². The molecule has 7 rings (SSSR count). The van der Waals surface area contributed by atoms with Gasteiger partial charge in [-0.2, -0.15) is 0 Å². The average molecular weight is 564 g/mol. The van der Waals surface area contributed by atoms with E-state index in [2.05, 4.69) is 0 Å². The van der Waals surface area contributed by atoms with Crippen LogP contribution in [0.5, 0.6) is 5.75 Å². The van der Waals surface area contributed by atoms with Gasteiger partial charge in [0.1, 0.15) is 11.8 Å². The number of benzene rings is 5. The Labute approximate surface area is 239 Å². The Balaban J connectivity index is 1.36. The predicted octanol–water partition coefficient (Wildman–Crippen LogP) is 7.46. The zero-order chi connectivity index (χ0) is 27.5. The van der Waals surface area contributed by atoms with E-state index >= 15 is 0 Å². The van der Waals surface area contributed by atoms with Crippen LogP contribution in [0.2, 0.25) is 10.0 Å². The summed E-state index contributed by atoms with van der Waals surface area (Å²) >= 11 is 12.5. The molecule has 1 heterocycles. The smallest absolute Gasteiger partial charge is 0.271 e. The molecule has 0 aromatic heterocycles. The molecule has 1 aliphatic heterocycles. The van der Waals surface area contributed by atoms with Crippen LogP contribution in [0.3, 0.4) is 0 Å². The lowest BCUT2D eigenvalue weighted by Crippen LogP contribution is -2.61. The van der Waals surface area contributed by atoms with E-state index in [1.807, 2.05) is 42.5 Å². The first kappa shape index (κ1) is 24.6. The Hall–Kier alpha value is -4.45. The number of fused-ring (bicyclic) bond motifs is 3. The van der Waals surface area contributed by atoms with Gasteiger partial charge in [0.2, 0.25) is 6.10 Å². The van der Waals surface area contributed by atoms with Crippen molar-refractivity contribution >= 4 is 57.1 Å². The highest BCUT2D eigenvalue weighted by molar-refractivity contribution is 6.35. The highest BCUT2D eigenvalue weighted by Crippen LogP contribution is 2.45. The van der Waals surface area contributed by atoms with Gasteiger partial charge in [-0.1, -0.05) is 89.9 Å². The first-order valence-electron chi connectivity index (χ1n) is 12.7. The van der Waals surface area contributed by atoms with Gasteiger partial charge < -0.3 is 4.74 Å². The van der Waals surface area contributed by atoms with E-state index in [-0.39, 0.29) is 22.5 Å². The number of halogens is 2. The van der Waals surface area contributed by atoms with Crippen molar-refractivity contribution in [3.05, 3.63) is 141 Å². The van der Waals surface area contributed by atoms with Gasteiger partial charge in [-0.05, 0) is 47.3 Å². The third-order valence-corrected chi connectivity index (χ3v) is 8.04. The van der Waals surface area contributed by atoms with Crippen molar-refractivity contribution in [1.82, 2.24) is 0 Å². The number of hydrogen-bond donors (Lipinski definition) is 0. The molecular formula is C33H19Cl2NO4. The van der Waals surface area contributed by atoms with E-state index in [0.717, 1.165) is 16.5 Å². The van der Waals surface area contributed by atoms with Gasteiger partial charge in [0.25, 0.3) is 5.91 Å². The quantitative estimate of drug-likeness (QED) is 0.209. The number of nitrogens with zero attached hydrogens (tertiary/aromatic N) is 1. The fraction of sp³-hybridized carbons (Fsp3) is 0.0606. The van der Waals surface area contributed by atoms with Gasteiger partial charge in [0.05, 0.1) is 10.7 Å². The average Bonchev–Trinajstić information content (AvgIpc) is 2.98. The molecule has 1 aliphatic carbocycles. The molecule has 40 heavy (non-hydrogen) atoms. The number of β-lactam (4-membered cyclic amide) rings is 1. The van der Waals surface area contributed by atoms with Crippen LogP contribution in [0.15, 0.2) is 103 Å². The number of amides is 1. The largest absolute Gasteiger partial charge is 0.476 e. The van der Waals surface area contributed by atoms with Crippen molar-refractivity contribution < 1.29 is 19.1 Å². The monoisotopic (exact) mass is 563 g/mol.